The van der Waals surface area contributed by atoms with Crippen LogP contribution < -0.4 is 10.6 Å². The van der Waals surface area contributed by atoms with Gasteiger partial charge in [-0.25, -0.2) is 0 Å². The fourth-order valence-corrected chi connectivity index (χ4v) is 2.31. The van der Waals surface area contributed by atoms with E-state index in [1.807, 2.05) is 19.0 Å². The van der Waals surface area contributed by atoms with Gasteiger partial charge < -0.3 is 15.5 Å². The first-order valence-electron chi connectivity index (χ1n) is 6.83. The quantitative estimate of drug-likeness (QED) is 0.649. The van der Waals surface area contributed by atoms with Crippen molar-refractivity contribution in [3.8, 4) is 0 Å². The minimum atomic E-state index is 0.298. The second-order valence-corrected chi connectivity index (χ2v) is 5.02. The van der Waals surface area contributed by atoms with Crippen LogP contribution in [-0.4, -0.2) is 51.1 Å². The number of hydrogen-bond donors (Lipinski definition) is 2. The van der Waals surface area contributed by atoms with Crippen LogP contribution in [0.15, 0.2) is 0 Å². The van der Waals surface area contributed by atoms with Crippen LogP contribution in [0, 0.1) is 5.92 Å². The normalized spacial score (nSPS) is 20.2. The molecule has 0 aromatic carbocycles. The van der Waals surface area contributed by atoms with Gasteiger partial charge in [-0.3, -0.25) is 4.79 Å². The third kappa shape index (κ3) is 6.03. The summed E-state index contributed by atoms with van der Waals surface area (Å²) in [6.07, 6.45) is 5.33. The van der Waals surface area contributed by atoms with Gasteiger partial charge in [-0.15, -0.1) is 0 Å². The van der Waals surface area contributed by atoms with Gasteiger partial charge in [-0.2, -0.15) is 0 Å². The lowest BCUT2D eigenvalue weighted by Crippen LogP contribution is -2.32. The molecule has 0 radical (unpaired) electrons. The predicted molar refractivity (Wildman–Crippen MR) is 71.0 cm³/mol. The van der Waals surface area contributed by atoms with Crippen molar-refractivity contribution < 1.29 is 4.79 Å². The van der Waals surface area contributed by atoms with Gasteiger partial charge in [-0.1, -0.05) is 0 Å². The Morgan fingerprint density at radius 3 is 3.00 bits per heavy atom. The van der Waals surface area contributed by atoms with Gasteiger partial charge in [0.1, 0.15) is 0 Å². The van der Waals surface area contributed by atoms with Crippen LogP contribution in [0.1, 0.15) is 32.1 Å². The molecule has 1 aliphatic heterocycles. The number of carbonyl (C=O) groups is 1. The molecule has 2 N–H and O–H groups in total. The van der Waals surface area contributed by atoms with E-state index in [-0.39, 0.29) is 0 Å². The summed E-state index contributed by atoms with van der Waals surface area (Å²) in [5.74, 6) is 1.00. The highest BCUT2D eigenvalue weighted by Crippen LogP contribution is 2.16. The first kappa shape index (κ1) is 14.5. The second kappa shape index (κ2) is 8.48. The third-order valence-corrected chi connectivity index (χ3v) is 3.51. The zero-order valence-corrected chi connectivity index (χ0v) is 11.3. The van der Waals surface area contributed by atoms with Gasteiger partial charge in [0, 0.05) is 20.0 Å². The Bertz CT molecular complexity index is 215. The summed E-state index contributed by atoms with van der Waals surface area (Å²) in [5.41, 5.74) is 0. The van der Waals surface area contributed by atoms with Crippen LogP contribution >= 0.6 is 0 Å². The lowest BCUT2D eigenvalue weighted by Gasteiger charge is -2.23. The van der Waals surface area contributed by atoms with Crippen molar-refractivity contribution in [2.75, 3.05) is 40.3 Å². The van der Waals surface area contributed by atoms with Crippen LogP contribution in [0.25, 0.3) is 0 Å². The smallest absolute Gasteiger partial charge is 0.222 e. The topological polar surface area (TPSA) is 44.4 Å². The molecule has 0 aromatic rings. The molecule has 1 amide bonds. The van der Waals surface area contributed by atoms with Crippen LogP contribution in [0.2, 0.25) is 0 Å². The van der Waals surface area contributed by atoms with E-state index in [1.165, 1.54) is 12.8 Å². The van der Waals surface area contributed by atoms with Crippen molar-refractivity contribution in [3.63, 3.8) is 0 Å². The molecular formula is C13H27N3O. The van der Waals surface area contributed by atoms with Crippen LogP contribution in [0.4, 0.5) is 0 Å². The minimum absolute atomic E-state index is 0.298. The van der Waals surface area contributed by atoms with Crippen molar-refractivity contribution >= 4 is 5.91 Å². The summed E-state index contributed by atoms with van der Waals surface area (Å²) in [6.45, 7) is 4.08. The number of amides is 1. The molecule has 4 nitrogen and oxygen atoms in total. The van der Waals surface area contributed by atoms with E-state index in [9.17, 15) is 4.79 Å². The van der Waals surface area contributed by atoms with Gasteiger partial charge in [0.2, 0.25) is 5.91 Å². The molecule has 1 unspecified atom stereocenters. The summed E-state index contributed by atoms with van der Waals surface area (Å²) >= 11 is 0. The largest absolute Gasteiger partial charge is 0.346 e. The van der Waals surface area contributed by atoms with Crippen molar-refractivity contribution in [1.82, 2.24) is 15.5 Å². The molecule has 1 atom stereocenters. The maximum atomic E-state index is 11.9. The highest BCUT2D eigenvalue weighted by atomic mass is 16.2. The van der Waals surface area contributed by atoms with Crippen molar-refractivity contribution in [2.45, 2.75) is 32.1 Å². The Labute approximate surface area is 105 Å². The maximum absolute atomic E-state index is 11.9. The molecule has 4 heteroatoms. The number of nitrogens with one attached hydrogen (secondary N) is 2. The number of carbonyl (C=O) groups excluding carboxylic acids is 1. The molecule has 1 fully saturated rings. The monoisotopic (exact) mass is 241 g/mol. The molecule has 1 rings (SSSR count). The zero-order valence-electron chi connectivity index (χ0n) is 11.3. The van der Waals surface area contributed by atoms with Crippen molar-refractivity contribution in [2.24, 2.45) is 5.92 Å². The van der Waals surface area contributed by atoms with Gasteiger partial charge in [0.05, 0.1) is 0 Å². The summed E-state index contributed by atoms with van der Waals surface area (Å²) in [6, 6.07) is 0. The Morgan fingerprint density at radius 2 is 2.35 bits per heavy atom. The number of nitrogens with zero attached hydrogens (tertiary/aromatic N) is 1. The van der Waals surface area contributed by atoms with Gasteiger partial charge >= 0.3 is 0 Å². The molecule has 100 valence electrons. The van der Waals surface area contributed by atoms with Gasteiger partial charge in [0.25, 0.3) is 0 Å². The molecule has 0 aromatic heterocycles. The average molecular weight is 241 g/mol. The van der Waals surface area contributed by atoms with Crippen LogP contribution in [0.5, 0.6) is 0 Å². The van der Waals surface area contributed by atoms with Crippen LogP contribution in [-0.2, 0) is 4.79 Å². The van der Waals surface area contributed by atoms with Gasteiger partial charge in [0.15, 0.2) is 0 Å². The summed E-state index contributed by atoms with van der Waals surface area (Å²) in [7, 11) is 3.86. The fraction of sp³-hybridized carbons (Fsp3) is 0.923. The molecule has 0 bridgehead atoms. The van der Waals surface area contributed by atoms with E-state index < -0.39 is 0 Å². The molecule has 0 aliphatic carbocycles. The molecule has 1 heterocycles. The summed E-state index contributed by atoms with van der Waals surface area (Å²) < 4.78 is 0. The van der Waals surface area contributed by atoms with E-state index in [1.54, 1.807) is 0 Å². The van der Waals surface area contributed by atoms with Crippen molar-refractivity contribution in [3.05, 3.63) is 0 Å². The average Bonchev–Trinajstić information content (AvgIpc) is 2.37. The highest BCUT2D eigenvalue weighted by Gasteiger charge is 2.15. The van der Waals surface area contributed by atoms with E-state index >= 15 is 0 Å². The van der Waals surface area contributed by atoms with E-state index in [0.717, 1.165) is 39.0 Å². The molecule has 1 aliphatic rings. The first-order valence-corrected chi connectivity index (χ1v) is 6.83. The van der Waals surface area contributed by atoms with Gasteiger partial charge in [-0.05, 0) is 58.3 Å². The Morgan fingerprint density at radius 1 is 1.53 bits per heavy atom. The molecule has 1 saturated heterocycles. The number of rotatable bonds is 7. The molecular weight excluding hydrogens is 214 g/mol. The summed E-state index contributed by atoms with van der Waals surface area (Å²) in [5, 5.41) is 6.50. The Hall–Kier alpha value is -0.610. The lowest BCUT2D eigenvalue weighted by molar-refractivity contribution is -0.130. The predicted octanol–water partition coefficient (Wildman–Crippen LogP) is 0.834. The molecule has 0 saturated carbocycles. The first-order chi connectivity index (χ1) is 8.24. The molecule has 0 spiro atoms. The summed E-state index contributed by atoms with van der Waals surface area (Å²) in [4.78, 5) is 13.7. The lowest BCUT2D eigenvalue weighted by atomic mass is 9.94. The molecule has 17 heavy (non-hydrogen) atoms. The zero-order chi connectivity index (χ0) is 12.5. The van der Waals surface area contributed by atoms with E-state index in [0.29, 0.717) is 18.2 Å². The fourth-order valence-electron chi connectivity index (χ4n) is 2.31. The van der Waals surface area contributed by atoms with E-state index in [4.69, 9.17) is 0 Å². The van der Waals surface area contributed by atoms with Crippen molar-refractivity contribution in [1.29, 1.82) is 0 Å². The Kier molecular flexibility index (Phi) is 7.21. The van der Waals surface area contributed by atoms with E-state index in [2.05, 4.69) is 10.6 Å². The standard InChI is InChI=1S/C13H27N3O/c1-14-8-4-10-16(2)13(17)7-6-12-5-3-9-15-11-12/h12,14-15H,3-11H2,1-2H3. The van der Waals surface area contributed by atoms with Crippen LogP contribution in [0.3, 0.4) is 0 Å². The number of hydrogen-bond acceptors (Lipinski definition) is 3. The highest BCUT2D eigenvalue weighted by molar-refractivity contribution is 5.75. The SMILES string of the molecule is CNCCCN(C)C(=O)CCC1CCCNC1. The second-order valence-electron chi connectivity index (χ2n) is 5.02. The minimum Gasteiger partial charge on any atom is -0.346 e. The maximum Gasteiger partial charge on any atom is 0.222 e. The third-order valence-electron chi connectivity index (χ3n) is 3.51. The Balaban J connectivity index is 2.10. The number of piperidine rings is 1.